The van der Waals surface area contributed by atoms with Crippen LogP contribution >= 0.6 is 11.3 Å². The van der Waals surface area contributed by atoms with Crippen LogP contribution in [0.15, 0.2) is 41.1 Å². The van der Waals surface area contributed by atoms with Crippen molar-refractivity contribution in [1.82, 2.24) is 20.2 Å². The van der Waals surface area contributed by atoms with Gasteiger partial charge in [0.25, 0.3) is 5.91 Å². The maximum Gasteiger partial charge on any atom is 0.256 e. The Kier molecular flexibility index (Phi) is 3.26. The zero-order chi connectivity index (χ0) is 13.9. The van der Waals surface area contributed by atoms with Crippen LogP contribution in [0.25, 0.3) is 11.4 Å². The van der Waals surface area contributed by atoms with E-state index in [1.165, 1.54) is 11.3 Å². The molecular weight excluding hydrogens is 274 g/mol. The summed E-state index contributed by atoms with van der Waals surface area (Å²) in [6, 6.07) is 9.21. The van der Waals surface area contributed by atoms with E-state index in [9.17, 15) is 4.79 Å². The van der Waals surface area contributed by atoms with Crippen LogP contribution in [0.5, 0.6) is 0 Å². The summed E-state index contributed by atoms with van der Waals surface area (Å²) in [6.07, 6.45) is 0. The summed E-state index contributed by atoms with van der Waals surface area (Å²) in [5, 5.41) is 17.9. The highest BCUT2D eigenvalue weighted by molar-refractivity contribution is 7.08. The van der Waals surface area contributed by atoms with Crippen molar-refractivity contribution >= 4 is 22.9 Å². The molecule has 0 bridgehead atoms. The second kappa shape index (κ2) is 5.22. The fourth-order valence-corrected chi connectivity index (χ4v) is 2.44. The highest BCUT2D eigenvalue weighted by Gasteiger charge is 2.09. The van der Waals surface area contributed by atoms with E-state index in [-0.39, 0.29) is 5.91 Å². The van der Waals surface area contributed by atoms with Gasteiger partial charge >= 0.3 is 0 Å². The number of carbonyl (C=O) groups excluding carboxylic acids is 1. The van der Waals surface area contributed by atoms with Crippen molar-refractivity contribution in [3.05, 3.63) is 46.7 Å². The lowest BCUT2D eigenvalue weighted by Crippen LogP contribution is -2.10. The van der Waals surface area contributed by atoms with Crippen LogP contribution < -0.4 is 5.32 Å². The molecule has 0 atom stereocenters. The van der Waals surface area contributed by atoms with Gasteiger partial charge in [-0.05, 0) is 34.0 Å². The van der Waals surface area contributed by atoms with Crippen LogP contribution in [0, 0.1) is 0 Å². The Morgan fingerprint density at radius 3 is 2.95 bits per heavy atom. The minimum atomic E-state index is -0.125. The van der Waals surface area contributed by atoms with Gasteiger partial charge < -0.3 is 5.32 Å². The average Bonchev–Trinajstić information content (AvgIpc) is 3.10. The normalized spacial score (nSPS) is 10.4. The maximum absolute atomic E-state index is 12.0. The monoisotopic (exact) mass is 285 g/mol. The number of aryl methyl sites for hydroxylation is 1. The molecule has 2 aromatic heterocycles. The maximum atomic E-state index is 12.0. The number of hydrogen-bond acceptors (Lipinski definition) is 5. The van der Waals surface area contributed by atoms with Crippen molar-refractivity contribution in [3.63, 3.8) is 0 Å². The predicted octanol–water partition coefficient (Wildman–Crippen LogP) is 2.19. The molecule has 0 aliphatic heterocycles. The van der Waals surface area contributed by atoms with Gasteiger partial charge in [-0.1, -0.05) is 12.1 Å². The highest BCUT2D eigenvalue weighted by Crippen LogP contribution is 2.20. The number of aromatic nitrogens is 4. The third-order valence-corrected chi connectivity index (χ3v) is 3.47. The van der Waals surface area contributed by atoms with Gasteiger partial charge in [-0.3, -0.25) is 4.79 Å². The SMILES string of the molecule is Cn1nnnc1-c1cccc(NC(=O)c2ccsc2)c1. The molecule has 1 amide bonds. The summed E-state index contributed by atoms with van der Waals surface area (Å²) in [5.41, 5.74) is 2.21. The molecule has 7 heteroatoms. The molecule has 1 aromatic carbocycles. The number of benzene rings is 1. The molecule has 0 aliphatic carbocycles. The average molecular weight is 285 g/mol. The third kappa shape index (κ3) is 2.43. The number of anilines is 1. The second-order valence-electron chi connectivity index (χ2n) is 4.17. The van der Waals surface area contributed by atoms with Gasteiger partial charge in [0.15, 0.2) is 5.82 Å². The van der Waals surface area contributed by atoms with Gasteiger partial charge in [-0.2, -0.15) is 11.3 Å². The summed E-state index contributed by atoms with van der Waals surface area (Å²) in [4.78, 5) is 12.0. The molecule has 0 radical (unpaired) electrons. The molecule has 100 valence electrons. The Morgan fingerprint density at radius 2 is 2.25 bits per heavy atom. The number of tetrazole rings is 1. The molecule has 0 aliphatic rings. The lowest BCUT2D eigenvalue weighted by atomic mass is 10.2. The van der Waals surface area contributed by atoms with Crippen LogP contribution in [0.4, 0.5) is 5.69 Å². The molecule has 1 N–H and O–H groups in total. The van der Waals surface area contributed by atoms with Crippen LogP contribution in [-0.4, -0.2) is 26.1 Å². The zero-order valence-electron chi connectivity index (χ0n) is 10.6. The van der Waals surface area contributed by atoms with Gasteiger partial charge in [0, 0.05) is 23.7 Å². The third-order valence-electron chi connectivity index (χ3n) is 2.78. The summed E-state index contributed by atoms with van der Waals surface area (Å²) < 4.78 is 1.58. The quantitative estimate of drug-likeness (QED) is 0.800. The van der Waals surface area contributed by atoms with Crippen molar-refractivity contribution in [3.8, 4) is 11.4 Å². The van der Waals surface area contributed by atoms with Crippen molar-refractivity contribution in [1.29, 1.82) is 0 Å². The molecule has 0 unspecified atom stereocenters. The Labute approximate surface area is 119 Å². The Balaban J connectivity index is 1.85. The lowest BCUT2D eigenvalue weighted by Gasteiger charge is -2.05. The molecule has 0 spiro atoms. The van der Waals surface area contributed by atoms with Crippen LogP contribution in [0.2, 0.25) is 0 Å². The summed E-state index contributed by atoms with van der Waals surface area (Å²) in [6.45, 7) is 0. The molecule has 0 saturated carbocycles. The van der Waals surface area contributed by atoms with Crippen molar-refractivity contribution in [2.45, 2.75) is 0 Å². The minimum Gasteiger partial charge on any atom is -0.322 e. The van der Waals surface area contributed by atoms with Crippen molar-refractivity contribution < 1.29 is 4.79 Å². The van der Waals surface area contributed by atoms with E-state index in [4.69, 9.17) is 0 Å². The fraction of sp³-hybridized carbons (Fsp3) is 0.0769. The first-order valence-corrected chi connectivity index (χ1v) is 6.84. The van der Waals surface area contributed by atoms with Gasteiger partial charge in [0.05, 0.1) is 5.56 Å². The highest BCUT2D eigenvalue weighted by atomic mass is 32.1. The standard InChI is InChI=1S/C13H11N5OS/c1-18-12(15-16-17-18)9-3-2-4-11(7-9)14-13(19)10-5-6-20-8-10/h2-8H,1H3,(H,14,19). The number of amides is 1. The van der Waals surface area contributed by atoms with E-state index in [1.54, 1.807) is 17.8 Å². The molecule has 2 heterocycles. The minimum absolute atomic E-state index is 0.125. The molecule has 3 rings (SSSR count). The Morgan fingerprint density at radius 1 is 1.35 bits per heavy atom. The number of hydrogen-bond donors (Lipinski definition) is 1. The van der Waals surface area contributed by atoms with Gasteiger partial charge in [0.1, 0.15) is 0 Å². The summed E-state index contributed by atoms with van der Waals surface area (Å²) in [5.74, 6) is 0.524. The van der Waals surface area contributed by atoms with Crippen LogP contribution in [0.1, 0.15) is 10.4 Å². The summed E-state index contributed by atoms with van der Waals surface area (Å²) in [7, 11) is 1.77. The Bertz CT molecular complexity index is 735. The van der Waals surface area contributed by atoms with Gasteiger partial charge in [-0.15, -0.1) is 5.10 Å². The molecule has 3 aromatic rings. The van der Waals surface area contributed by atoms with Crippen LogP contribution in [-0.2, 0) is 7.05 Å². The zero-order valence-corrected chi connectivity index (χ0v) is 11.5. The van der Waals surface area contributed by atoms with E-state index in [1.807, 2.05) is 35.0 Å². The van der Waals surface area contributed by atoms with Crippen molar-refractivity contribution in [2.75, 3.05) is 5.32 Å². The van der Waals surface area contributed by atoms with Gasteiger partial charge in [-0.25, -0.2) is 4.68 Å². The predicted molar refractivity (Wildman–Crippen MR) is 76.5 cm³/mol. The first-order valence-electron chi connectivity index (χ1n) is 5.90. The fourth-order valence-electron chi connectivity index (χ4n) is 1.81. The first-order chi connectivity index (χ1) is 9.74. The Hall–Kier alpha value is -2.54. The number of nitrogens with one attached hydrogen (secondary N) is 1. The summed E-state index contributed by atoms with van der Waals surface area (Å²) >= 11 is 1.49. The largest absolute Gasteiger partial charge is 0.322 e. The number of nitrogens with zero attached hydrogens (tertiary/aromatic N) is 4. The van der Waals surface area contributed by atoms with Crippen molar-refractivity contribution in [2.24, 2.45) is 7.05 Å². The molecule has 0 fully saturated rings. The van der Waals surface area contributed by atoms with E-state index < -0.39 is 0 Å². The smallest absolute Gasteiger partial charge is 0.256 e. The van der Waals surface area contributed by atoms with E-state index in [2.05, 4.69) is 20.8 Å². The molecule has 20 heavy (non-hydrogen) atoms. The van der Waals surface area contributed by atoms with E-state index in [0.717, 1.165) is 5.56 Å². The molecule has 6 nitrogen and oxygen atoms in total. The molecule has 0 saturated heterocycles. The first kappa shape index (κ1) is 12.5. The second-order valence-corrected chi connectivity index (χ2v) is 4.95. The number of carbonyl (C=O) groups is 1. The lowest BCUT2D eigenvalue weighted by molar-refractivity contribution is 0.102. The van der Waals surface area contributed by atoms with Gasteiger partial charge in [0.2, 0.25) is 0 Å². The number of thiophene rings is 1. The van der Waals surface area contributed by atoms with E-state index in [0.29, 0.717) is 17.1 Å². The topological polar surface area (TPSA) is 72.7 Å². The van der Waals surface area contributed by atoms with Crippen LogP contribution in [0.3, 0.4) is 0 Å². The number of rotatable bonds is 3. The molecular formula is C13H11N5OS. The van der Waals surface area contributed by atoms with E-state index >= 15 is 0 Å².